The number of carbonyl (C=O) groups is 1. The number of methoxy groups -OCH3 is 1. The Morgan fingerprint density at radius 3 is 2.43 bits per heavy atom. The highest BCUT2D eigenvalue weighted by atomic mass is 35.5. The van der Waals surface area contributed by atoms with Crippen molar-refractivity contribution in [3.63, 3.8) is 0 Å². The van der Waals surface area contributed by atoms with Crippen molar-refractivity contribution in [3.05, 3.63) is 59.4 Å². The lowest BCUT2D eigenvalue weighted by Gasteiger charge is -2.30. The fraction of sp³-hybridized carbons (Fsp3) is 0.318. The lowest BCUT2D eigenvalue weighted by molar-refractivity contribution is -0.134. The number of nitrogens with zero attached hydrogens (tertiary/aromatic N) is 3. The van der Waals surface area contributed by atoms with Crippen molar-refractivity contribution in [2.45, 2.75) is 18.8 Å². The van der Waals surface area contributed by atoms with E-state index in [0.717, 1.165) is 24.2 Å². The zero-order chi connectivity index (χ0) is 20.9. The molecule has 0 N–H and O–H groups in total. The maximum Gasteiger partial charge on any atom is 0.260 e. The van der Waals surface area contributed by atoms with E-state index in [-0.39, 0.29) is 18.4 Å². The molecular weight excluding hydrogens is 406 g/mol. The number of hydrogen-bond acceptors (Lipinski definition) is 6. The van der Waals surface area contributed by atoms with E-state index in [2.05, 4.69) is 10.1 Å². The van der Waals surface area contributed by atoms with E-state index in [0.29, 0.717) is 35.6 Å². The number of ether oxygens (including phenoxy) is 2. The van der Waals surface area contributed by atoms with Gasteiger partial charge in [-0.1, -0.05) is 16.8 Å². The van der Waals surface area contributed by atoms with Crippen LogP contribution in [-0.2, 0) is 4.79 Å². The second-order valence-electron chi connectivity index (χ2n) is 7.08. The average molecular weight is 428 g/mol. The van der Waals surface area contributed by atoms with Crippen LogP contribution in [0.15, 0.2) is 53.1 Å². The van der Waals surface area contributed by atoms with Crippen molar-refractivity contribution < 1.29 is 18.8 Å². The van der Waals surface area contributed by atoms with Gasteiger partial charge in [-0.25, -0.2) is 0 Å². The van der Waals surface area contributed by atoms with Gasteiger partial charge in [-0.05, 0) is 61.4 Å². The Balaban J connectivity index is 1.29. The lowest BCUT2D eigenvalue weighted by Crippen LogP contribution is -2.40. The number of rotatable bonds is 6. The molecule has 1 aromatic heterocycles. The van der Waals surface area contributed by atoms with Crippen LogP contribution in [0.5, 0.6) is 11.5 Å². The topological polar surface area (TPSA) is 77.7 Å². The summed E-state index contributed by atoms with van der Waals surface area (Å²) < 4.78 is 16.2. The highest BCUT2D eigenvalue weighted by molar-refractivity contribution is 6.30. The first-order chi connectivity index (χ1) is 14.6. The molecule has 1 fully saturated rings. The van der Waals surface area contributed by atoms with Gasteiger partial charge in [-0.15, -0.1) is 0 Å². The monoisotopic (exact) mass is 427 g/mol. The van der Waals surface area contributed by atoms with E-state index < -0.39 is 0 Å². The molecule has 156 valence electrons. The molecule has 1 saturated heterocycles. The van der Waals surface area contributed by atoms with Gasteiger partial charge < -0.3 is 18.9 Å². The van der Waals surface area contributed by atoms with Crippen molar-refractivity contribution in [1.29, 1.82) is 0 Å². The Hall–Kier alpha value is -3.06. The minimum atomic E-state index is -0.0344. The van der Waals surface area contributed by atoms with Gasteiger partial charge in [0.2, 0.25) is 11.7 Å². The second kappa shape index (κ2) is 9.17. The van der Waals surface area contributed by atoms with Crippen LogP contribution in [0, 0.1) is 0 Å². The first-order valence-electron chi connectivity index (χ1n) is 9.76. The second-order valence-corrected chi connectivity index (χ2v) is 7.52. The molecule has 2 aromatic carbocycles. The maximum atomic E-state index is 12.4. The smallest absolute Gasteiger partial charge is 0.260 e. The Labute approximate surface area is 179 Å². The molecule has 1 aliphatic rings. The molecule has 7 nitrogen and oxygen atoms in total. The average Bonchev–Trinajstić information content (AvgIpc) is 3.29. The largest absolute Gasteiger partial charge is 0.497 e. The van der Waals surface area contributed by atoms with Crippen LogP contribution < -0.4 is 9.47 Å². The molecule has 0 atom stereocenters. The molecule has 0 aliphatic carbocycles. The number of benzene rings is 2. The molecule has 0 bridgehead atoms. The van der Waals surface area contributed by atoms with Gasteiger partial charge >= 0.3 is 0 Å². The van der Waals surface area contributed by atoms with Crippen LogP contribution in [0.4, 0.5) is 0 Å². The number of likely N-dealkylation sites (tertiary alicyclic amines) is 1. The van der Waals surface area contributed by atoms with E-state index in [4.69, 9.17) is 25.6 Å². The van der Waals surface area contributed by atoms with E-state index in [1.165, 1.54) is 0 Å². The standard InChI is InChI=1S/C22H22ClN3O4/c1-28-18-6-2-15(3-7-18)21-24-22(30-25-21)16-10-12-26(13-11-16)20(27)14-29-19-8-4-17(23)5-9-19/h2-9,16H,10-14H2,1H3. The number of carbonyl (C=O) groups excluding carboxylic acids is 1. The summed E-state index contributed by atoms with van der Waals surface area (Å²) in [5.41, 5.74) is 0.873. The van der Waals surface area contributed by atoms with Gasteiger partial charge in [0.25, 0.3) is 5.91 Å². The number of piperidine rings is 1. The van der Waals surface area contributed by atoms with E-state index in [1.807, 2.05) is 29.2 Å². The zero-order valence-corrected chi connectivity index (χ0v) is 17.3. The summed E-state index contributed by atoms with van der Waals surface area (Å²) in [5, 5.41) is 4.73. The van der Waals surface area contributed by atoms with Crippen LogP contribution in [0.1, 0.15) is 24.7 Å². The summed E-state index contributed by atoms with van der Waals surface area (Å²) in [4.78, 5) is 18.8. The fourth-order valence-corrected chi connectivity index (χ4v) is 3.53. The predicted molar refractivity (Wildman–Crippen MR) is 112 cm³/mol. The molecule has 1 aliphatic heterocycles. The molecule has 3 aromatic rings. The van der Waals surface area contributed by atoms with Gasteiger partial charge in [0.1, 0.15) is 11.5 Å². The number of amides is 1. The Morgan fingerprint density at radius 2 is 1.77 bits per heavy atom. The van der Waals surface area contributed by atoms with Crippen LogP contribution in [-0.4, -0.2) is 47.8 Å². The van der Waals surface area contributed by atoms with E-state index in [1.54, 1.807) is 31.4 Å². The molecule has 4 rings (SSSR count). The van der Waals surface area contributed by atoms with Crippen LogP contribution in [0.25, 0.3) is 11.4 Å². The molecule has 30 heavy (non-hydrogen) atoms. The Kier molecular flexibility index (Phi) is 6.18. The summed E-state index contributed by atoms with van der Waals surface area (Å²) >= 11 is 5.86. The van der Waals surface area contributed by atoms with Gasteiger partial charge in [0, 0.05) is 29.6 Å². The molecule has 0 unspecified atom stereocenters. The Bertz CT molecular complexity index is 980. The molecular formula is C22H22ClN3O4. The predicted octanol–water partition coefficient (Wildman–Crippen LogP) is 4.18. The van der Waals surface area contributed by atoms with Crippen molar-refractivity contribution in [2.24, 2.45) is 0 Å². The van der Waals surface area contributed by atoms with Crippen molar-refractivity contribution in [1.82, 2.24) is 15.0 Å². The van der Waals surface area contributed by atoms with Gasteiger partial charge in [-0.3, -0.25) is 4.79 Å². The van der Waals surface area contributed by atoms with Crippen molar-refractivity contribution >= 4 is 17.5 Å². The lowest BCUT2D eigenvalue weighted by atomic mass is 9.97. The fourth-order valence-electron chi connectivity index (χ4n) is 3.40. The highest BCUT2D eigenvalue weighted by Gasteiger charge is 2.27. The molecule has 1 amide bonds. The van der Waals surface area contributed by atoms with E-state index >= 15 is 0 Å². The van der Waals surface area contributed by atoms with Gasteiger partial charge in [0.05, 0.1) is 7.11 Å². The minimum Gasteiger partial charge on any atom is -0.497 e. The summed E-state index contributed by atoms with van der Waals surface area (Å²) in [7, 11) is 1.63. The first-order valence-corrected chi connectivity index (χ1v) is 10.1. The maximum absolute atomic E-state index is 12.4. The summed E-state index contributed by atoms with van der Waals surface area (Å²) in [6, 6.07) is 14.5. The first kappa shape index (κ1) is 20.2. The van der Waals surface area contributed by atoms with Gasteiger partial charge in [-0.2, -0.15) is 4.98 Å². The Morgan fingerprint density at radius 1 is 1.10 bits per heavy atom. The molecule has 0 saturated carbocycles. The quantitative estimate of drug-likeness (QED) is 0.587. The third-order valence-electron chi connectivity index (χ3n) is 5.16. The van der Waals surface area contributed by atoms with Crippen molar-refractivity contribution in [2.75, 3.05) is 26.8 Å². The summed E-state index contributed by atoms with van der Waals surface area (Å²) in [6.45, 7) is 1.27. The third kappa shape index (κ3) is 4.74. The number of aromatic nitrogens is 2. The van der Waals surface area contributed by atoms with E-state index in [9.17, 15) is 4.79 Å². The summed E-state index contributed by atoms with van der Waals surface area (Å²) in [6.07, 6.45) is 1.55. The number of halogens is 1. The molecule has 8 heteroatoms. The highest BCUT2D eigenvalue weighted by Crippen LogP contribution is 2.29. The minimum absolute atomic E-state index is 0.00841. The van der Waals surface area contributed by atoms with Crippen LogP contribution in [0.2, 0.25) is 5.02 Å². The van der Waals surface area contributed by atoms with Crippen molar-refractivity contribution in [3.8, 4) is 22.9 Å². The normalized spacial score (nSPS) is 14.5. The third-order valence-corrected chi connectivity index (χ3v) is 5.41. The van der Waals surface area contributed by atoms with Crippen LogP contribution >= 0.6 is 11.6 Å². The molecule has 0 radical (unpaired) electrons. The number of hydrogen-bond donors (Lipinski definition) is 0. The zero-order valence-electron chi connectivity index (χ0n) is 16.6. The molecule has 2 heterocycles. The van der Waals surface area contributed by atoms with Crippen LogP contribution in [0.3, 0.4) is 0 Å². The SMILES string of the molecule is COc1ccc(-c2noc(C3CCN(C(=O)COc4ccc(Cl)cc4)CC3)n2)cc1. The summed E-state index contributed by atoms with van der Waals surface area (Å²) in [5.74, 6) is 2.69. The van der Waals surface area contributed by atoms with Gasteiger partial charge in [0.15, 0.2) is 6.61 Å². The molecule has 0 spiro atoms.